The molecule has 0 aromatic rings. The lowest BCUT2D eigenvalue weighted by molar-refractivity contribution is 1.09. The van der Waals surface area contributed by atoms with Crippen LogP contribution in [0.5, 0.6) is 0 Å². The van der Waals surface area contributed by atoms with Crippen LogP contribution in [0.3, 0.4) is 0 Å². The molecule has 0 aliphatic heterocycles. The third kappa shape index (κ3) is 737. The van der Waals surface area contributed by atoms with Crippen LogP contribution in [0.25, 0.3) is 0 Å². The van der Waals surface area contributed by atoms with E-state index in [9.17, 15) is 0 Å². The van der Waals surface area contributed by atoms with E-state index < -0.39 is 0 Å². The van der Waals surface area contributed by atoms with Gasteiger partial charge in [-0.2, -0.15) is 0 Å². The molecule has 0 radical (unpaired) electrons. The largest absolute Gasteiger partial charge is 0.0917 e. The van der Waals surface area contributed by atoms with Crippen molar-refractivity contribution in [2.45, 2.75) is 95.9 Å². The third-order valence-corrected chi connectivity index (χ3v) is 0.471. The van der Waals surface area contributed by atoms with Gasteiger partial charge in [0.25, 0.3) is 0 Å². The van der Waals surface area contributed by atoms with Crippen molar-refractivity contribution in [3.8, 4) is 0 Å². The molecule has 106 valence electrons. The van der Waals surface area contributed by atoms with Gasteiger partial charge >= 0.3 is 0 Å². The van der Waals surface area contributed by atoms with Gasteiger partial charge in [-0.3, -0.25) is 0 Å². The smallest absolute Gasteiger partial charge is 0.0379 e. The van der Waals surface area contributed by atoms with Crippen LogP contribution in [0.1, 0.15) is 95.9 Å². The minimum atomic E-state index is 1.16. The van der Waals surface area contributed by atoms with Crippen molar-refractivity contribution < 1.29 is 0 Å². The summed E-state index contributed by atoms with van der Waals surface area (Å²) < 4.78 is 0. The fourth-order valence-corrected chi connectivity index (χ4v) is 0.236. The summed E-state index contributed by atoms with van der Waals surface area (Å²) in [6.07, 6.45) is 6.59. The minimum absolute atomic E-state index is 1.16. The normalized spacial score (nSPS) is 5.75. The van der Waals surface area contributed by atoms with Gasteiger partial charge in [0, 0.05) is 0 Å². The van der Waals surface area contributed by atoms with E-state index in [-0.39, 0.29) is 0 Å². The highest BCUT2D eigenvalue weighted by Crippen LogP contribution is 1.73. The maximum atomic E-state index is 2.12. The summed E-state index contributed by atoms with van der Waals surface area (Å²) in [6.45, 7) is 24.4. The van der Waals surface area contributed by atoms with Gasteiger partial charge < -0.3 is 0 Å². The highest BCUT2D eigenvalue weighted by molar-refractivity contribution is 4.73. The molecule has 0 nitrogen and oxygen atoms in total. The second-order valence-corrected chi connectivity index (χ2v) is 1.68. The molecule has 0 amide bonds. The van der Waals surface area contributed by atoms with Crippen LogP contribution in [-0.2, 0) is 0 Å². The average Bonchev–Trinajstić information content (AvgIpc) is 2.41. The zero-order valence-corrected chi connectivity index (χ0v) is 14.6. The Kier molecular flexibility index (Phi) is 448. The predicted molar refractivity (Wildman–Crippen MR) is 86.5 cm³/mol. The first-order valence-corrected chi connectivity index (χ1v) is 7.44. The van der Waals surface area contributed by atoms with Gasteiger partial charge in [0.1, 0.15) is 0 Å². The van der Waals surface area contributed by atoms with Crippen molar-refractivity contribution in [3.63, 3.8) is 0 Å². The van der Waals surface area contributed by atoms with Crippen molar-refractivity contribution in [1.82, 2.24) is 0 Å². The molecule has 0 spiro atoms. The molecule has 0 aliphatic rings. The lowest BCUT2D eigenvalue weighted by Crippen LogP contribution is -1.43. The van der Waals surface area contributed by atoms with Gasteiger partial charge in [-0.15, -0.1) is 0 Å². The van der Waals surface area contributed by atoms with E-state index in [0.29, 0.717) is 0 Å². The van der Waals surface area contributed by atoms with Crippen LogP contribution >= 0.6 is 0 Å². The van der Waals surface area contributed by atoms with Crippen molar-refractivity contribution in [2.24, 2.45) is 0 Å². The molecule has 0 N–H and O–H groups in total. The molecule has 0 unspecified atom stereocenters. The molecular weight excluding hydrogens is 192 g/mol. The lowest BCUT2D eigenvalue weighted by Gasteiger charge is -1.65. The maximum Gasteiger partial charge on any atom is -0.0379 e. The van der Waals surface area contributed by atoms with Crippen LogP contribution in [0.2, 0.25) is 0 Å². The van der Waals surface area contributed by atoms with Gasteiger partial charge in [-0.05, 0) is 13.3 Å². The van der Waals surface area contributed by atoms with Gasteiger partial charge in [-0.25, -0.2) is 0 Å². The first-order valence-electron chi connectivity index (χ1n) is 7.44. The summed E-state index contributed by atoms with van der Waals surface area (Å²) >= 11 is 0. The molecule has 0 saturated heterocycles. The summed E-state index contributed by atoms with van der Waals surface area (Å²) in [6, 6.07) is 0. The molecule has 16 heavy (non-hydrogen) atoms. The van der Waals surface area contributed by atoms with Gasteiger partial charge in [-0.1, -0.05) is 94.7 Å². The lowest BCUT2D eigenvalue weighted by atomic mass is 10.4. The number of hydrogen-bond acceptors (Lipinski definition) is 0. The summed E-state index contributed by atoms with van der Waals surface area (Å²) in [7, 11) is 0. The van der Waals surface area contributed by atoms with Crippen LogP contribution in [-0.4, -0.2) is 0 Å². The SMILES string of the molecule is C/C=C\CC.CC.CC.CC.CC.CCC. The first kappa shape index (κ1) is 36.0. The van der Waals surface area contributed by atoms with E-state index in [4.69, 9.17) is 0 Å². The van der Waals surface area contributed by atoms with Crippen LogP contribution < -0.4 is 0 Å². The Labute approximate surface area is 109 Å². The molecule has 0 heterocycles. The van der Waals surface area contributed by atoms with E-state index in [0.717, 1.165) is 6.42 Å². The fourth-order valence-electron chi connectivity index (χ4n) is 0.236. The summed E-state index contributed by atoms with van der Waals surface area (Å²) in [5.74, 6) is 0. The number of rotatable bonds is 1. The van der Waals surface area contributed by atoms with Crippen molar-refractivity contribution in [1.29, 1.82) is 0 Å². The standard InChI is InChI=1S/C5H10.C3H8.4C2H6/c1-3-5-4-2;1-3-2;4*1-2/h3,5H,4H2,1-2H3;3H2,1-2H3;4*1-2H3/b5-3-;;;;;. The molecule has 0 aromatic carbocycles. The second kappa shape index (κ2) is 199. The highest BCUT2D eigenvalue weighted by Gasteiger charge is 1.52. The van der Waals surface area contributed by atoms with E-state index in [1.165, 1.54) is 6.42 Å². The summed E-state index contributed by atoms with van der Waals surface area (Å²) in [5.41, 5.74) is 0. The Bertz CT molecular complexity index is 35.3. The van der Waals surface area contributed by atoms with Crippen molar-refractivity contribution >= 4 is 0 Å². The van der Waals surface area contributed by atoms with E-state index >= 15 is 0 Å². The molecule has 0 atom stereocenters. The average molecular weight is 235 g/mol. The minimum Gasteiger partial charge on any atom is -0.0917 e. The fraction of sp³-hybridized carbons (Fsp3) is 0.875. The number of allylic oxidation sites excluding steroid dienone is 2. The monoisotopic (exact) mass is 234 g/mol. The third-order valence-electron chi connectivity index (χ3n) is 0.471. The Hall–Kier alpha value is -0.260. The van der Waals surface area contributed by atoms with E-state index in [1.54, 1.807) is 0 Å². The molecule has 0 saturated carbocycles. The van der Waals surface area contributed by atoms with Crippen molar-refractivity contribution in [2.75, 3.05) is 0 Å². The second-order valence-electron chi connectivity index (χ2n) is 1.68. The zero-order valence-electron chi connectivity index (χ0n) is 14.6. The van der Waals surface area contributed by atoms with Gasteiger partial charge in [0.15, 0.2) is 0 Å². The van der Waals surface area contributed by atoms with Crippen LogP contribution in [0, 0.1) is 0 Å². The Morgan fingerprint density at radius 1 is 0.625 bits per heavy atom. The Balaban J connectivity index is -0.0000000201. The first-order chi connectivity index (χ1) is 7.83. The molecule has 0 aliphatic carbocycles. The molecule has 0 bridgehead atoms. The molecule has 0 aromatic heterocycles. The zero-order chi connectivity index (χ0) is 14.8. The summed E-state index contributed by atoms with van der Waals surface area (Å²) in [5, 5.41) is 0. The Morgan fingerprint density at radius 3 is 0.812 bits per heavy atom. The van der Waals surface area contributed by atoms with E-state index in [1.807, 2.05) is 62.3 Å². The molecule has 0 heteroatoms. The number of hydrogen-bond donors (Lipinski definition) is 0. The topological polar surface area (TPSA) is 0 Å². The maximum absolute atomic E-state index is 2.12. The summed E-state index contributed by atoms with van der Waals surface area (Å²) in [4.78, 5) is 0. The predicted octanol–water partition coefficient (Wildman–Crippen LogP) is 7.49. The molecule has 0 fully saturated rings. The quantitative estimate of drug-likeness (QED) is 0.412. The molecular formula is C16H42. The molecule has 0 rings (SSSR count). The van der Waals surface area contributed by atoms with Gasteiger partial charge in [0.2, 0.25) is 0 Å². The van der Waals surface area contributed by atoms with Crippen LogP contribution in [0.4, 0.5) is 0 Å². The Morgan fingerprint density at radius 2 is 0.812 bits per heavy atom. The van der Waals surface area contributed by atoms with Gasteiger partial charge in [0.05, 0.1) is 0 Å². The van der Waals surface area contributed by atoms with E-state index in [2.05, 4.69) is 32.9 Å². The van der Waals surface area contributed by atoms with Crippen LogP contribution in [0.15, 0.2) is 12.2 Å². The van der Waals surface area contributed by atoms with Crippen molar-refractivity contribution in [3.05, 3.63) is 12.2 Å². The highest BCUT2D eigenvalue weighted by atomic mass is 13.6.